The van der Waals surface area contributed by atoms with Crippen molar-refractivity contribution in [3.8, 4) is 0 Å². The molecule has 0 saturated heterocycles. The molecule has 1 aromatic carbocycles. The van der Waals surface area contributed by atoms with Crippen LogP contribution in [0.4, 0.5) is 0 Å². The van der Waals surface area contributed by atoms with Gasteiger partial charge in [-0.25, -0.2) is 0 Å². The van der Waals surface area contributed by atoms with Crippen LogP contribution < -0.4 is 0 Å². The van der Waals surface area contributed by atoms with Crippen molar-refractivity contribution in [3.63, 3.8) is 0 Å². The summed E-state index contributed by atoms with van der Waals surface area (Å²) < 4.78 is 0. The second-order valence-corrected chi connectivity index (χ2v) is 3.89. The van der Waals surface area contributed by atoms with Crippen molar-refractivity contribution in [2.75, 3.05) is 14.1 Å². The maximum Gasteiger partial charge on any atom is 0.185 e. The summed E-state index contributed by atoms with van der Waals surface area (Å²) in [6.07, 6.45) is 7.05. The van der Waals surface area contributed by atoms with Gasteiger partial charge in [-0.1, -0.05) is 35.9 Å². The Labute approximate surface area is 96.9 Å². The molecule has 0 aliphatic heterocycles. The zero-order valence-electron chi connectivity index (χ0n) is 9.97. The minimum absolute atomic E-state index is 0.0309. The van der Waals surface area contributed by atoms with Gasteiger partial charge in [0.15, 0.2) is 5.78 Å². The Morgan fingerprint density at radius 1 is 1.12 bits per heavy atom. The lowest BCUT2D eigenvalue weighted by Gasteiger charge is -2.00. The summed E-state index contributed by atoms with van der Waals surface area (Å²) in [5.41, 5.74) is 1.88. The van der Waals surface area contributed by atoms with Gasteiger partial charge in [-0.15, -0.1) is 0 Å². The lowest BCUT2D eigenvalue weighted by atomic mass is 10.1. The van der Waals surface area contributed by atoms with Gasteiger partial charge in [-0.05, 0) is 25.3 Å². The normalized spacial score (nSPS) is 11.2. The molecule has 0 aromatic heterocycles. The van der Waals surface area contributed by atoms with E-state index in [1.807, 2.05) is 62.5 Å². The van der Waals surface area contributed by atoms with Gasteiger partial charge in [0, 0.05) is 19.7 Å². The van der Waals surface area contributed by atoms with E-state index in [4.69, 9.17) is 0 Å². The molecule has 0 radical (unpaired) electrons. The second-order valence-electron chi connectivity index (χ2n) is 3.89. The van der Waals surface area contributed by atoms with Crippen LogP contribution in [0.25, 0.3) is 0 Å². The number of rotatable bonds is 4. The molecular weight excluding hydrogens is 198 g/mol. The number of allylic oxidation sites excluding steroid dienone is 3. The first-order valence-corrected chi connectivity index (χ1v) is 5.22. The molecule has 2 nitrogen and oxygen atoms in total. The number of benzene rings is 1. The van der Waals surface area contributed by atoms with Crippen molar-refractivity contribution in [1.29, 1.82) is 0 Å². The summed E-state index contributed by atoms with van der Waals surface area (Å²) in [5, 5.41) is 0. The molecule has 1 rings (SSSR count). The van der Waals surface area contributed by atoms with Gasteiger partial charge in [0.25, 0.3) is 0 Å². The highest BCUT2D eigenvalue weighted by atomic mass is 16.1. The molecule has 0 heterocycles. The number of carbonyl (C=O) groups excluding carboxylic acids is 1. The van der Waals surface area contributed by atoms with Crippen molar-refractivity contribution in [3.05, 3.63) is 59.8 Å². The Morgan fingerprint density at radius 2 is 1.75 bits per heavy atom. The van der Waals surface area contributed by atoms with Crippen molar-refractivity contribution in [2.24, 2.45) is 0 Å². The highest BCUT2D eigenvalue weighted by Gasteiger charge is 1.98. The highest BCUT2D eigenvalue weighted by molar-refractivity contribution is 6.04. The summed E-state index contributed by atoms with van der Waals surface area (Å²) in [6.45, 7) is 2.00. The molecule has 0 N–H and O–H groups in total. The Bertz CT molecular complexity index is 399. The fourth-order valence-corrected chi connectivity index (χ4v) is 1.18. The Balaban J connectivity index is 2.62. The number of ketones is 1. The number of hydrogen-bond acceptors (Lipinski definition) is 2. The van der Waals surface area contributed by atoms with E-state index in [9.17, 15) is 4.79 Å². The maximum atomic E-state index is 11.7. The van der Waals surface area contributed by atoms with Crippen LogP contribution in [-0.4, -0.2) is 24.8 Å². The van der Waals surface area contributed by atoms with E-state index in [0.717, 1.165) is 11.1 Å². The highest BCUT2D eigenvalue weighted by Crippen LogP contribution is 2.04. The molecule has 2 heteroatoms. The van der Waals surface area contributed by atoms with Crippen LogP contribution in [0, 0.1) is 6.92 Å². The van der Waals surface area contributed by atoms with Crippen LogP contribution in [0.2, 0.25) is 0 Å². The monoisotopic (exact) mass is 215 g/mol. The Hall–Kier alpha value is -1.83. The number of aryl methyl sites for hydroxylation is 1. The fourth-order valence-electron chi connectivity index (χ4n) is 1.18. The molecule has 84 valence electrons. The summed E-state index contributed by atoms with van der Waals surface area (Å²) in [7, 11) is 3.87. The van der Waals surface area contributed by atoms with E-state index in [-0.39, 0.29) is 5.78 Å². The van der Waals surface area contributed by atoms with Crippen LogP contribution in [0.15, 0.2) is 48.7 Å². The zero-order chi connectivity index (χ0) is 12.0. The van der Waals surface area contributed by atoms with E-state index < -0.39 is 0 Å². The van der Waals surface area contributed by atoms with Crippen LogP contribution >= 0.6 is 0 Å². The molecule has 0 aliphatic rings. The summed E-state index contributed by atoms with van der Waals surface area (Å²) >= 11 is 0. The van der Waals surface area contributed by atoms with E-state index >= 15 is 0 Å². The van der Waals surface area contributed by atoms with Crippen LogP contribution in [0.1, 0.15) is 15.9 Å². The molecular formula is C14H17NO. The predicted molar refractivity (Wildman–Crippen MR) is 67.5 cm³/mol. The van der Waals surface area contributed by atoms with Gasteiger partial charge >= 0.3 is 0 Å². The van der Waals surface area contributed by atoms with Gasteiger partial charge < -0.3 is 4.90 Å². The van der Waals surface area contributed by atoms with Crippen molar-refractivity contribution in [2.45, 2.75) is 6.92 Å². The van der Waals surface area contributed by atoms with Crippen molar-refractivity contribution < 1.29 is 4.79 Å². The lowest BCUT2D eigenvalue weighted by Crippen LogP contribution is -1.99. The van der Waals surface area contributed by atoms with Gasteiger partial charge in [-0.3, -0.25) is 4.79 Å². The molecule has 0 atom stereocenters. The minimum Gasteiger partial charge on any atom is -0.383 e. The fraction of sp³-hybridized carbons (Fsp3) is 0.214. The average molecular weight is 215 g/mol. The average Bonchev–Trinajstić information content (AvgIpc) is 2.25. The molecule has 0 unspecified atom stereocenters. The minimum atomic E-state index is 0.0309. The van der Waals surface area contributed by atoms with E-state index in [1.54, 1.807) is 12.2 Å². The first kappa shape index (κ1) is 12.2. The van der Waals surface area contributed by atoms with Gasteiger partial charge in [-0.2, -0.15) is 0 Å². The molecule has 0 aliphatic carbocycles. The van der Waals surface area contributed by atoms with Crippen LogP contribution in [-0.2, 0) is 0 Å². The molecule has 16 heavy (non-hydrogen) atoms. The standard InChI is InChI=1S/C14H17NO/c1-12-7-9-13(10-8-12)14(16)6-4-5-11-15(2)3/h4-11H,1-3H3. The first-order chi connectivity index (χ1) is 7.59. The van der Waals surface area contributed by atoms with Crippen LogP contribution in [0.5, 0.6) is 0 Å². The van der Waals surface area contributed by atoms with Gasteiger partial charge in [0.1, 0.15) is 0 Å². The third-order valence-corrected chi connectivity index (χ3v) is 2.08. The number of nitrogens with zero attached hydrogens (tertiary/aromatic N) is 1. The SMILES string of the molecule is Cc1ccc(C(=O)C=CC=CN(C)C)cc1. The van der Waals surface area contributed by atoms with Gasteiger partial charge in [0.05, 0.1) is 0 Å². The predicted octanol–water partition coefficient (Wildman–Crippen LogP) is 2.81. The molecule has 0 amide bonds. The smallest absolute Gasteiger partial charge is 0.185 e. The lowest BCUT2D eigenvalue weighted by molar-refractivity contribution is 0.104. The maximum absolute atomic E-state index is 11.7. The number of carbonyl (C=O) groups is 1. The third-order valence-electron chi connectivity index (χ3n) is 2.08. The largest absolute Gasteiger partial charge is 0.383 e. The molecule has 1 aromatic rings. The molecule has 0 fully saturated rings. The first-order valence-electron chi connectivity index (χ1n) is 5.22. The molecule has 0 bridgehead atoms. The van der Waals surface area contributed by atoms with E-state index in [2.05, 4.69) is 0 Å². The second kappa shape index (κ2) is 5.91. The van der Waals surface area contributed by atoms with E-state index in [0.29, 0.717) is 0 Å². The third kappa shape index (κ3) is 4.13. The van der Waals surface area contributed by atoms with Crippen LogP contribution in [0.3, 0.4) is 0 Å². The molecule has 0 spiro atoms. The van der Waals surface area contributed by atoms with Gasteiger partial charge in [0.2, 0.25) is 0 Å². The zero-order valence-corrected chi connectivity index (χ0v) is 9.97. The summed E-state index contributed by atoms with van der Waals surface area (Å²) in [4.78, 5) is 13.6. The summed E-state index contributed by atoms with van der Waals surface area (Å²) in [6, 6.07) is 7.57. The Morgan fingerprint density at radius 3 is 2.31 bits per heavy atom. The topological polar surface area (TPSA) is 20.3 Å². The van der Waals surface area contributed by atoms with Crippen molar-refractivity contribution >= 4 is 5.78 Å². The molecule has 0 saturated carbocycles. The number of hydrogen-bond donors (Lipinski definition) is 0. The quantitative estimate of drug-likeness (QED) is 0.437. The van der Waals surface area contributed by atoms with E-state index in [1.165, 1.54) is 0 Å². The Kier molecular flexibility index (Phi) is 4.52. The summed E-state index contributed by atoms with van der Waals surface area (Å²) in [5.74, 6) is 0.0309. The van der Waals surface area contributed by atoms with Crippen molar-refractivity contribution in [1.82, 2.24) is 4.90 Å².